The predicted octanol–water partition coefficient (Wildman–Crippen LogP) is 2.95. The van der Waals surface area contributed by atoms with Crippen LogP contribution in [0.3, 0.4) is 0 Å². The summed E-state index contributed by atoms with van der Waals surface area (Å²) in [7, 11) is 0. The van der Waals surface area contributed by atoms with E-state index in [2.05, 4.69) is 36.5 Å². The van der Waals surface area contributed by atoms with Crippen LogP contribution in [0.25, 0.3) is 0 Å². The van der Waals surface area contributed by atoms with Gasteiger partial charge in [0.05, 0.1) is 0 Å². The molecule has 1 aromatic rings. The fourth-order valence-electron chi connectivity index (χ4n) is 3.09. The number of hydrogen-bond donors (Lipinski definition) is 1. The van der Waals surface area contributed by atoms with Crippen LogP contribution < -0.4 is 5.32 Å². The van der Waals surface area contributed by atoms with Crippen LogP contribution in [0.5, 0.6) is 0 Å². The molecule has 112 valence electrons. The molecule has 1 N–H and O–H groups in total. The van der Waals surface area contributed by atoms with Gasteiger partial charge in [0.25, 0.3) is 5.91 Å². The van der Waals surface area contributed by atoms with E-state index in [1.54, 1.807) is 11.8 Å². The fraction of sp³-hybridized carbons (Fsp3) is 0.500. The van der Waals surface area contributed by atoms with Gasteiger partial charge in [-0.05, 0) is 31.9 Å². The van der Waals surface area contributed by atoms with E-state index in [1.165, 1.54) is 15.4 Å². The zero-order chi connectivity index (χ0) is 14.9. The van der Waals surface area contributed by atoms with Gasteiger partial charge in [-0.25, -0.2) is 4.79 Å². The molecular formula is C16H20N2O2S. The number of imide groups is 1. The number of nitrogens with one attached hydrogen (secondary N) is 1. The molecule has 1 saturated heterocycles. The highest BCUT2D eigenvalue weighted by molar-refractivity contribution is 7.99. The number of benzene rings is 1. The van der Waals surface area contributed by atoms with E-state index in [-0.39, 0.29) is 11.9 Å². The molecule has 1 saturated carbocycles. The Balaban J connectivity index is 1.56. The maximum Gasteiger partial charge on any atom is 0.325 e. The third-order valence-corrected chi connectivity index (χ3v) is 5.30. The molecule has 3 rings (SSSR count). The molecule has 0 bridgehead atoms. The van der Waals surface area contributed by atoms with Crippen LogP contribution in [-0.2, 0) is 4.79 Å². The monoisotopic (exact) mass is 304 g/mol. The summed E-state index contributed by atoms with van der Waals surface area (Å²) >= 11 is 1.68. The summed E-state index contributed by atoms with van der Waals surface area (Å²) in [5.74, 6) is 0.715. The Labute approximate surface area is 129 Å². The summed E-state index contributed by atoms with van der Waals surface area (Å²) in [5, 5.41) is 2.91. The molecule has 1 spiro atoms. The van der Waals surface area contributed by atoms with Gasteiger partial charge in [-0.1, -0.05) is 30.5 Å². The number of urea groups is 1. The van der Waals surface area contributed by atoms with Crippen molar-refractivity contribution in [2.24, 2.45) is 0 Å². The van der Waals surface area contributed by atoms with Crippen molar-refractivity contribution in [3.63, 3.8) is 0 Å². The van der Waals surface area contributed by atoms with Crippen molar-refractivity contribution in [1.29, 1.82) is 0 Å². The van der Waals surface area contributed by atoms with Crippen LogP contribution in [0.1, 0.15) is 31.2 Å². The molecule has 0 unspecified atom stereocenters. The molecule has 1 heterocycles. The van der Waals surface area contributed by atoms with Gasteiger partial charge >= 0.3 is 6.03 Å². The van der Waals surface area contributed by atoms with Crippen LogP contribution in [0, 0.1) is 6.92 Å². The van der Waals surface area contributed by atoms with Crippen LogP contribution in [0.4, 0.5) is 4.79 Å². The number of hydrogen-bond acceptors (Lipinski definition) is 3. The highest BCUT2D eigenvalue weighted by Gasteiger charge is 2.51. The van der Waals surface area contributed by atoms with E-state index >= 15 is 0 Å². The Morgan fingerprint density at radius 2 is 1.86 bits per heavy atom. The molecule has 4 nitrogen and oxygen atoms in total. The average molecular weight is 304 g/mol. The van der Waals surface area contributed by atoms with Gasteiger partial charge < -0.3 is 5.32 Å². The van der Waals surface area contributed by atoms with E-state index in [0.717, 1.165) is 31.4 Å². The van der Waals surface area contributed by atoms with Gasteiger partial charge in [0.2, 0.25) is 0 Å². The third-order valence-electron chi connectivity index (χ3n) is 4.31. The number of rotatable bonds is 4. The van der Waals surface area contributed by atoms with Gasteiger partial charge in [-0.3, -0.25) is 9.69 Å². The van der Waals surface area contributed by atoms with E-state index < -0.39 is 5.54 Å². The topological polar surface area (TPSA) is 49.4 Å². The number of carbonyl (C=O) groups excluding carboxylic acids is 2. The molecule has 2 aliphatic rings. The molecule has 0 aromatic heterocycles. The van der Waals surface area contributed by atoms with Gasteiger partial charge in [0.15, 0.2) is 0 Å². The van der Waals surface area contributed by atoms with Crippen molar-refractivity contribution in [2.45, 2.75) is 43.0 Å². The lowest BCUT2D eigenvalue weighted by Gasteiger charge is -2.19. The number of carbonyl (C=O) groups is 2. The third kappa shape index (κ3) is 2.79. The summed E-state index contributed by atoms with van der Waals surface area (Å²) in [6, 6.07) is 8.08. The minimum atomic E-state index is -0.578. The van der Waals surface area contributed by atoms with Gasteiger partial charge in [0.1, 0.15) is 5.54 Å². The highest BCUT2D eigenvalue weighted by atomic mass is 32.2. The maximum atomic E-state index is 12.5. The number of aryl methyl sites for hydroxylation is 1. The smallest absolute Gasteiger partial charge is 0.323 e. The quantitative estimate of drug-likeness (QED) is 0.687. The molecule has 1 aliphatic carbocycles. The Bertz CT molecular complexity index is 550. The van der Waals surface area contributed by atoms with E-state index in [4.69, 9.17) is 0 Å². The Morgan fingerprint density at radius 3 is 2.52 bits per heavy atom. The Hall–Kier alpha value is -1.49. The molecule has 5 heteroatoms. The summed E-state index contributed by atoms with van der Waals surface area (Å²) in [6.45, 7) is 2.54. The van der Waals surface area contributed by atoms with E-state index in [0.29, 0.717) is 6.54 Å². The minimum Gasteiger partial charge on any atom is -0.323 e. The first kappa shape index (κ1) is 14.4. The molecule has 1 aliphatic heterocycles. The van der Waals surface area contributed by atoms with Crippen LogP contribution in [0.15, 0.2) is 29.2 Å². The number of amides is 3. The molecular weight excluding hydrogens is 284 g/mol. The molecule has 0 radical (unpaired) electrons. The minimum absolute atomic E-state index is 0.0190. The maximum absolute atomic E-state index is 12.5. The first-order valence-corrected chi connectivity index (χ1v) is 8.43. The zero-order valence-electron chi connectivity index (χ0n) is 12.2. The average Bonchev–Trinajstić information content (AvgIpc) is 3.02. The summed E-state index contributed by atoms with van der Waals surface area (Å²) in [5.41, 5.74) is 0.655. The van der Waals surface area contributed by atoms with E-state index in [1.807, 2.05) is 0 Å². The van der Waals surface area contributed by atoms with Gasteiger partial charge in [-0.15, -0.1) is 11.8 Å². The predicted molar refractivity (Wildman–Crippen MR) is 83.3 cm³/mol. The van der Waals surface area contributed by atoms with Crippen LogP contribution in [0.2, 0.25) is 0 Å². The summed E-state index contributed by atoms with van der Waals surface area (Å²) < 4.78 is 0. The van der Waals surface area contributed by atoms with E-state index in [9.17, 15) is 9.59 Å². The Kier molecular flexibility index (Phi) is 3.93. The second-order valence-corrected chi connectivity index (χ2v) is 7.01. The lowest BCUT2D eigenvalue weighted by Crippen LogP contribution is -2.44. The van der Waals surface area contributed by atoms with Crippen molar-refractivity contribution in [1.82, 2.24) is 10.2 Å². The van der Waals surface area contributed by atoms with Crippen molar-refractivity contribution < 1.29 is 9.59 Å². The lowest BCUT2D eigenvalue weighted by atomic mass is 9.98. The zero-order valence-corrected chi connectivity index (χ0v) is 13.0. The molecule has 21 heavy (non-hydrogen) atoms. The second-order valence-electron chi connectivity index (χ2n) is 5.84. The van der Waals surface area contributed by atoms with Crippen LogP contribution >= 0.6 is 11.8 Å². The van der Waals surface area contributed by atoms with Gasteiger partial charge in [-0.2, -0.15) is 0 Å². The first-order chi connectivity index (χ1) is 10.1. The van der Waals surface area contributed by atoms with Crippen molar-refractivity contribution >= 4 is 23.7 Å². The molecule has 3 amide bonds. The number of nitrogens with zero attached hydrogens (tertiary/aromatic N) is 1. The normalized spacial score (nSPS) is 20.3. The molecule has 1 aromatic carbocycles. The molecule has 2 fully saturated rings. The standard InChI is InChI=1S/C16H20N2O2S/c1-12-4-6-13(7-5-12)21-11-10-18-14(19)16(17-15(18)20)8-2-3-9-16/h4-7H,2-3,8-11H2,1H3,(H,17,20). The van der Waals surface area contributed by atoms with Crippen molar-refractivity contribution in [3.8, 4) is 0 Å². The summed E-state index contributed by atoms with van der Waals surface area (Å²) in [6.07, 6.45) is 3.63. The summed E-state index contributed by atoms with van der Waals surface area (Å²) in [4.78, 5) is 27.0. The van der Waals surface area contributed by atoms with Crippen molar-refractivity contribution in [2.75, 3.05) is 12.3 Å². The Morgan fingerprint density at radius 1 is 1.19 bits per heavy atom. The second kappa shape index (κ2) is 5.72. The molecule has 0 atom stereocenters. The van der Waals surface area contributed by atoms with Gasteiger partial charge in [0, 0.05) is 17.2 Å². The van der Waals surface area contributed by atoms with Crippen molar-refractivity contribution in [3.05, 3.63) is 29.8 Å². The highest BCUT2D eigenvalue weighted by Crippen LogP contribution is 2.35. The first-order valence-electron chi connectivity index (χ1n) is 7.44. The lowest BCUT2D eigenvalue weighted by molar-refractivity contribution is -0.130. The van der Waals surface area contributed by atoms with Crippen LogP contribution in [-0.4, -0.2) is 34.7 Å². The fourth-order valence-corrected chi connectivity index (χ4v) is 3.92. The largest absolute Gasteiger partial charge is 0.325 e. The number of thioether (sulfide) groups is 1. The SMILES string of the molecule is Cc1ccc(SCCN2C(=O)NC3(CCCC3)C2=O)cc1.